The summed E-state index contributed by atoms with van der Waals surface area (Å²) < 4.78 is 0. The van der Waals surface area contributed by atoms with Crippen molar-refractivity contribution in [3.8, 4) is 0 Å². The van der Waals surface area contributed by atoms with Gasteiger partial charge in [-0.15, -0.1) is 0 Å². The van der Waals surface area contributed by atoms with Gasteiger partial charge in [0.05, 0.1) is 11.8 Å². The molecule has 0 aromatic heterocycles. The molecule has 0 bridgehead atoms. The van der Waals surface area contributed by atoms with Crippen LogP contribution in [0.25, 0.3) is 0 Å². The highest BCUT2D eigenvalue weighted by molar-refractivity contribution is 5.76. The van der Waals surface area contributed by atoms with E-state index in [9.17, 15) is 14.7 Å². The van der Waals surface area contributed by atoms with Crippen LogP contribution in [0.2, 0.25) is 0 Å². The maximum absolute atomic E-state index is 11.3. The van der Waals surface area contributed by atoms with Crippen LogP contribution in [0.1, 0.15) is 42.4 Å². The van der Waals surface area contributed by atoms with Gasteiger partial charge in [-0.25, -0.2) is 0 Å². The number of carboxylic acid groups (broad SMARTS) is 2. The lowest BCUT2D eigenvalue weighted by Gasteiger charge is -2.12. The van der Waals surface area contributed by atoms with Crippen molar-refractivity contribution in [2.75, 3.05) is 0 Å². The number of aliphatic carboxylic acids is 2. The SMILES string of the molecule is CC(CCc1ccccc1)C(=O)O.O=C(O)C(CCc1ccccc1)c1ccccc1. The Morgan fingerprint density at radius 1 is 0.645 bits per heavy atom. The summed E-state index contributed by atoms with van der Waals surface area (Å²) in [7, 11) is 0. The molecular weight excluding hydrogens is 388 g/mol. The van der Waals surface area contributed by atoms with Crippen molar-refractivity contribution in [1.82, 2.24) is 0 Å². The molecule has 2 N–H and O–H groups in total. The Morgan fingerprint density at radius 3 is 1.48 bits per heavy atom. The highest BCUT2D eigenvalue weighted by atomic mass is 16.4. The maximum atomic E-state index is 11.3. The normalized spacial score (nSPS) is 12.2. The number of aryl methyl sites for hydroxylation is 2. The van der Waals surface area contributed by atoms with Crippen molar-refractivity contribution < 1.29 is 19.8 Å². The zero-order valence-electron chi connectivity index (χ0n) is 17.9. The van der Waals surface area contributed by atoms with E-state index in [1.165, 1.54) is 11.1 Å². The van der Waals surface area contributed by atoms with Crippen molar-refractivity contribution in [3.05, 3.63) is 108 Å². The second-order valence-corrected chi connectivity index (χ2v) is 7.59. The first-order valence-electron chi connectivity index (χ1n) is 10.6. The molecule has 4 nitrogen and oxygen atoms in total. The molecule has 0 saturated heterocycles. The first kappa shape index (κ1) is 23.9. The largest absolute Gasteiger partial charge is 0.481 e. The first-order chi connectivity index (χ1) is 15.0. The van der Waals surface area contributed by atoms with Crippen LogP contribution in [-0.2, 0) is 22.4 Å². The average molecular weight is 419 g/mol. The van der Waals surface area contributed by atoms with E-state index in [0.717, 1.165) is 18.4 Å². The number of rotatable bonds is 9. The van der Waals surface area contributed by atoms with E-state index < -0.39 is 17.9 Å². The third-order valence-corrected chi connectivity index (χ3v) is 5.19. The van der Waals surface area contributed by atoms with E-state index in [1.54, 1.807) is 6.92 Å². The fourth-order valence-corrected chi connectivity index (χ4v) is 3.23. The third-order valence-electron chi connectivity index (χ3n) is 5.19. The van der Waals surface area contributed by atoms with E-state index in [-0.39, 0.29) is 5.92 Å². The van der Waals surface area contributed by atoms with Gasteiger partial charge in [-0.2, -0.15) is 0 Å². The van der Waals surface area contributed by atoms with E-state index in [1.807, 2.05) is 91.0 Å². The summed E-state index contributed by atoms with van der Waals surface area (Å²) in [5, 5.41) is 18.0. The molecular formula is C27H30O4. The van der Waals surface area contributed by atoms with E-state index in [0.29, 0.717) is 12.8 Å². The highest BCUT2D eigenvalue weighted by Gasteiger charge is 2.19. The number of carboxylic acids is 2. The molecule has 0 aliphatic heterocycles. The van der Waals surface area contributed by atoms with Crippen LogP contribution in [0, 0.1) is 5.92 Å². The molecule has 0 spiro atoms. The van der Waals surface area contributed by atoms with E-state index in [4.69, 9.17) is 5.11 Å². The van der Waals surface area contributed by atoms with Crippen molar-refractivity contribution >= 4 is 11.9 Å². The van der Waals surface area contributed by atoms with Gasteiger partial charge in [0.15, 0.2) is 0 Å². The van der Waals surface area contributed by atoms with Gasteiger partial charge in [0.1, 0.15) is 0 Å². The smallest absolute Gasteiger partial charge is 0.310 e. The lowest BCUT2D eigenvalue weighted by molar-refractivity contribution is -0.141. The van der Waals surface area contributed by atoms with Gasteiger partial charge in [-0.05, 0) is 42.4 Å². The van der Waals surface area contributed by atoms with Crippen LogP contribution in [0.4, 0.5) is 0 Å². The lowest BCUT2D eigenvalue weighted by atomic mass is 9.92. The Balaban J connectivity index is 0.000000233. The number of benzene rings is 3. The Kier molecular flexibility index (Phi) is 10.0. The third kappa shape index (κ3) is 8.87. The Bertz CT molecular complexity index is 908. The zero-order valence-corrected chi connectivity index (χ0v) is 17.9. The number of carbonyl (C=O) groups is 2. The Hall–Kier alpha value is -3.40. The molecule has 31 heavy (non-hydrogen) atoms. The van der Waals surface area contributed by atoms with Crippen LogP contribution in [0.15, 0.2) is 91.0 Å². The molecule has 2 atom stereocenters. The van der Waals surface area contributed by atoms with Crippen molar-refractivity contribution in [3.63, 3.8) is 0 Å². The summed E-state index contributed by atoms with van der Waals surface area (Å²) in [6, 6.07) is 29.4. The molecule has 3 rings (SSSR count). The predicted molar refractivity (Wildman–Crippen MR) is 123 cm³/mol. The van der Waals surface area contributed by atoms with E-state index >= 15 is 0 Å². The van der Waals surface area contributed by atoms with Crippen LogP contribution in [0.3, 0.4) is 0 Å². The van der Waals surface area contributed by atoms with Gasteiger partial charge in [-0.3, -0.25) is 9.59 Å². The molecule has 0 aliphatic rings. The summed E-state index contributed by atoms with van der Waals surface area (Å²) in [4.78, 5) is 21.8. The van der Waals surface area contributed by atoms with Crippen LogP contribution >= 0.6 is 0 Å². The predicted octanol–water partition coefficient (Wildman–Crippen LogP) is 5.83. The zero-order chi connectivity index (χ0) is 22.5. The van der Waals surface area contributed by atoms with E-state index in [2.05, 4.69) is 0 Å². The molecule has 4 heteroatoms. The minimum Gasteiger partial charge on any atom is -0.481 e. The molecule has 0 saturated carbocycles. The highest BCUT2D eigenvalue weighted by Crippen LogP contribution is 2.22. The van der Waals surface area contributed by atoms with Gasteiger partial charge in [-0.1, -0.05) is 97.9 Å². The second-order valence-electron chi connectivity index (χ2n) is 7.59. The topological polar surface area (TPSA) is 74.6 Å². The van der Waals surface area contributed by atoms with Crippen LogP contribution in [-0.4, -0.2) is 22.2 Å². The summed E-state index contributed by atoms with van der Waals surface area (Å²) in [6.07, 6.45) is 2.96. The van der Waals surface area contributed by atoms with Gasteiger partial charge in [0, 0.05) is 0 Å². The van der Waals surface area contributed by atoms with Gasteiger partial charge in [0.2, 0.25) is 0 Å². The molecule has 0 radical (unpaired) electrons. The maximum Gasteiger partial charge on any atom is 0.310 e. The standard InChI is InChI=1S/C16H16O2.C11H14O2/c17-16(18)15(14-9-5-2-6-10-14)12-11-13-7-3-1-4-8-13;1-9(11(12)13)7-8-10-5-3-2-4-6-10/h1-10,15H,11-12H2,(H,17,18);2-6,9H,7-8H2,1H3,(H,12,13). The molecule has 3 aromatic rings. The summed E-state index contributed by atoms with van der Waals surface area (Å²) in [6.45, 7) is 1.74. The monoisotopic (exact) mass is 418 g/mol. The molecule has 0 fully saturated rings. The molecule has 0 heterocycles. The minimum atomic E-state index is -0.753. The summed E-state index contributed by atoms with van der Waals surface area (Å²) in [5.41, 5.74) is 3.26. The molecule has 0 aliphatic carbocycles. The van der Waals surface area contributed by atoms with Crippen molar-refractivity contribution in [2.24, 2.45) is 5.92 Å². The van der Waals surface area contributed by atoms with Crippen LogP contribution < -0.4 is 0 Å². The second kappa shape index (κ2) is 13.0. The van der Waals surface area contributed by atoms with Crippen LogP contribution in [0.5, 0.6) is 0 Å². The first-order valence-corrected chi connectivity index (χ1v) is 10.6. The fraction of sp³-hybridized carbons (Fsp3) is 0.259. The number of hydrogen-bond acceptors (Lipinski definition) is 2. The quantitative estimate of drug-likeness (QED) is 0.459. The lowest BCUT2D eigenvalue weighted by Crippen LogP contribution is -2.12. The van der Waals surface area contributed by atoms with Gasteiger partial charge < -0.3 is 10.2 Å². The summed E-state index contributed by atoms with van der Waals surface area (Å²) in [5.74, 6) is -2.14. The van der Waals surface area contributed by atoms with Crippen molar-refractivity contribution in [1.29, 1.82) is 0 Å². The molecule has 0 amide bonds. The molecule has 162 valence electrons. The Morgan fingerprint density at radius 2 is 1.06 bits per heavy atom. The minimum absolute atomic E-state index is 0.250. The fourth-order valence-electron chi connectivity index (χ4n) is 3.23. The van der Waals surface area contributed by atoms with Crippen molar-refractivity contribution in [2.45, 2.75) is 38.5 Å². The van der Waals surface area contributed by atoms with Gasteiger partial charge >= 0.3 is 11.9 Å². The Labute approximate surface area is 184 Å². The summed E-state index contributed by atoms with van der Waals surface area (Å²) >= 11 is 0. The molecule has 2 unspecified atom stereocenters. The average Bonchev–Trinajstić information content (AvgIpc) is 2.80. The number of hydrogen-bond donors (Lipinski definition) is 2. The molecule has 3 aromatic carbocycles. The van der Waals surface area contributed by atoms with Gasteiger partial charge in [0.25, 0.3) is 0 Å².